The summed E-state index contributed by atoms with van der Waals surface area (Å²) >= 11 is 12.3. The zero-order valence-corrected chi connectivity index (χ0v) is 14.4. The summed E-state index contributed by atoms with van der Waals surface area (Å²) in [6, 6.07) is 7.99. The van der Waals surface area contributed by atoms with Crippen molar-refractivity contribution < 1.29 is 19.4 Å². The number of halogens is 2. The van der Waals surface area contributed by atoms with E-state index in [1.165, 1.54) is 26.5 Å². The summed E-state index contributed by atoms with van der Waals surface area (Å²) in [5.41, 5.74) is 3.64. The first-order valence-electron chi connectivity index (χ1n) is 6.71. The third-order valence-corrected chi connectivity index (χ3v) is 3.74. The molecule has 0 bridgehead atoms. The number of rotatable bonds is 6. The highest BCUT2D eigenvalue weighted by Gasteiger charge is 2.16. The van der Waals surface area contributed by atoms with Crippen LogP contribution in [-0.4, -0.2) is 31.5 Å². The molecule has 0 fully saturated rings. The normalized spacial score (nSPS) is 10.7. The summed E-state index contributed by atoms with van der Waals surface area (Å²) in [7, 11) is 2.91. The lowest BCUT2D eigenvalue weighted by molar-refractivity contribution is 0.0698. The smallest absolute Gasteiger partial charge is 0.337 e. The van der Waals surface area contributed by atoms with Gasteiger partial charge in [-0.05, 0) is 18.2 Å². The van der Waals surface area contributed by atoms with E-state index in [4.69, 9.17) is 37.8 Å². The van der Waals surface area contributed by atoms with Gasteiger partial charge in [-0.15, -0.1) is 0 Å². The maximum atomic E-state index is 11.2. The van der Waals surface area contributed by atoms with Crippen molar-refractivity contribution in [2.45, 2.75) is 0 Å². The standard InChI is InChI=1S/C16H14Cl2N2O4/c1-23-14-9(7-11(17)15(24-2)13(14)18)8-19-20-12-6-4-3-5-10(12)16(21)22/h3-8,20H,1-2H3,(H,21,22). The van der Waals surface area contributed by atoms with E-state index in [1.54, 1.807) is 24.3 Å². The molecular weight excluding hydrogens is 355 g/mol. The average Bonchev–Trinajstić information content (AvgIpc) is 2.55. The summed E-state index contributed by atoms with van der Waals surface area (Å²) in [5, 5.41) is 13.7. The van der Waals surface area contributed by atoms with Crippen molar-refractivity contribution in [1.29, 1.82) is 0 Å². The van der Waals surface area contributed by atoms with Gasteiger partial charge in [-0.25, -0.2) is 4.79 Å². The Kier molecular flexibility index (Phi) is 5.89. The predicted octanol–water partition coefficient (Wildman–Crippen LogP) is 4.15. The molecule has 2 aromatic rings. The van der Waals surface area contributed by atoms with Crippen LogP contribution in [0.25, 0.3) is 0 Å². The fraction of sp³-hybridized carbons (Fsp3) is 0.125. The van der Waals surface area contributed by atoms with Gasteiger partial charge in [0.15, 0.2) is 5.75 Å². The lowest BCUT2D eigenvalue weighted by Gasteiger charge is -2.12. The molecule has 0 aliphatic carbocycles. The SMILES string of the molecule is COc1c(Cl)cc(C=NNc2ccccc2C(=O)O)c(OC)c1Cl. The minimum atomic E-state index is -1.05. The Hall–Kier alpha value is -2.44. The van der Waals surface area contributed by atoms with Crippen LogP contribution in [0.5, 0.6) is 11.5 Å². The van der Waals surface area contributed by atoms with Crippen LogP contribution < -0.4 is 14.9 Å². The molecule has 0 radical (unpaired) electrons. The Bertz CT molecular complexity index is 794. The first kappa shape index (κ1) is 17.9. The molecule has 126 valence electrons. The second kappa shape index (κ2) is 7.90. The number of carboxylic acid groups (broad SMARTS) is 1. The van der Waals surface area contributed by atoms with Crippen LogP contribution in [0.3, 0.4) is 0 Å². The van der Waals surface area contributed by atoms with Crippen molar-refractivity contribution in [2.24, 2.45) is 5.10 Å². The number of hydrogen-bond acceptors (Lipinski definition) is 5. The van der Waals surface area contributed by atoms with Crippen LogP contribution in [0.15, 0.2) is 35.4 Å². The quantitative estimate of drug-likeness (QED) is 0.591. The van der Waals surface area contributed by atoms with E-state index in [0.717, 1.165) is 0 Å². The fourth-order valence-corrected chi connectivity index (χ4v) is 2.73. The van der Waals surface area contributed by atoms with E-state index in [0.29, 0.717) is 27.8 Å². The van der Waals surface area contributed by atoms with Crippen LogP contribution in [0.1, 0.15) is 15.9 Å². The van der Waals surface area contributed by atoms with Crippen molar-refractivity contribution in [3.05, 3.63) is 51.5 Å². The molecule has 2 aromatic carbocycles. The number of hydrazone groups is 1. The van der Waals surface area contributed by atoms with Crippen molar-refractivity contribution in [3.8, 4) is 11.5 Å². The van der Waals surface area contributed by atoms with Gasteiger partial charge in [0.25, 0.3) is 0 Å². The number of aromatic carboxylic acids is 1. The van der Waals surface area contributed by atoms with Gasteiger partial charge in [-0.3, -0.25) is 5.43 Å². The minimum absolute atomic E-state index is 0.104. The van der Waals surface area contributed by atoms with Crippen molar-refractivity contribution in [1.82, 2.24) is 0 Å². The highest BCUT2D eigenvalue weighted by Crippen LogP contribution is 2.41. The summed E-state index contributed by atoms with van der Waals surface area (Å²) in [6.45, 7) is 0. The summed E-state index contributed by atoms with van der Waals surface area (Å²) in [5.74, 6) is -0.409. The van der Waals surface area contributed by atoms with E-state index in [1.807, 2.05) is 0 Å². The first-order chi connectivity index (χ1) is 11.5. The third-order valence-electron chi connectivity index (χ3n) is 3.11. The number of carboxylic acids is 1. The lowest BCUT2D eigenvalue weighted by Crippen LogP contribution is -2.02. The van der Waals surface area contributed by atoms with Gasteiger partial charge in [0.1, 0.15) is 10.8 Å². The van der Waals surface area contributed by atoms with E-state index in [-0.39, 0.29) is 10.6 Å². The van der Waals surface area contributed by atoms with Gasteiger partial charge in [-0.2, -0.15) is 5.10 Å². The van der Waals surface area contributed by atoms with Crippen LogP contribution in [0, 0.1) is 0 Å². The zero-order chi connectivity index (χ0) is 17.7. The Labute approximate surface area is 148 Å². The molecule has 0 aliphatic rings. The summed E-state index contributed by atoms with van der Waals surface area (Å²) in [4.78, 5) is 11.2. The fourth-order valence-electron chi connectivity index (χ4n) is 2.03. The number of ether oxygens (including phenoxy) is 2. The number of carbonyl (C=O) groups is 1. The van der Waals surface area contributed by atoms with E-state index in [2.05, 4.69) is 10.5 Å². The molecule has 0 spiro atoms. The molecule has 0 atom stereocenters. The number of para-hydroxylation sites is 1. The Morgan fingerprint density at radius 3 is 2.50 bits per heavy atom. The number of hydrogen-bond donors (Lipinski definition) is 2. The van der Waals surface area contributed by atoms with Crippen LogP contribution >= 0.6 is 23.2 Å². The molecule has 0 aromatic heterocycles. The van der Waals surface area contributed by atoms with Gasteiger partial charge >= 0.3 is 5.97 Å². The molecule has 0 saturated heterocycles. The Balaban J connectivity index is 2.32. The number of anilines is 1. The van der Waals surface area contributed by atoms with Crippen LogP contribution in [0.4, 0.5) is 5.69 Å². The first-order valence-corrected chi connectivity index (χ1v) is 7.46. The number of benzene rings is 2. The topological polar surface area (TPSA) is 80.2 Å². The van der Waals surface area contributed by atoms with Gasteiger partial charge in [-0.1, -0.05) is 35.3 Å². The minimum Gasteiger partial charge on any atom is -0.494 e. The van der Waals surface area contributed by atoms with Gasteiger partial charge in [0.05, 0.1) is 36.7 Å². The molecule has 0 aliphatic heterocycles. The molecule has 24 heavy (non-hydrogen) atoms. The molecule has 0 amide bonds. The predicted molar refractivity (Wildman–Crippen MR) is 94.2 cm³/mol. The Morgan fingerprint density at radius 1 is 1.21 bits per heavy atom. The second-order valence-corrected chi connectivity index (χ2v) is 5.33. The molecule has 0 unspecified atom stereocenters. The van der Waals surface area contributed by atoms with E-state index >= 15 is 0 Å². The molecular formula is C16H14Cl2N2O4. The van der Waals surface area contributed by atoms with Crippen molar-refractivity contribution >= 4 is 41.1 Å². The molecule has 8 heteroatoms. The van der Waals surface area contributed by atoms with E-state index in [9.17, 15) is 4.79 Å². The largest absolute Gasteiger partial charge is 0.494 e. The van der Waals surface area contributed by atoms with Crippen LogP contribution in [-0.2, 0) is 0 Å². The van der Waals surface area contributed by atoms with Gasteiger partial charge in [0, 0.05) is 5.56 Å². The maximum Gasteiger partial charge on any atom is 0.337 e. The van der Waals surface area contributed by atoms with Crippen molar-refractivity contribution in [3.63, 3.8) is 0 Å². The third kappa shape index (κ3) is 3.72. The Morgan fingerprint density at radius 2 is 1.88 bits per heavy atom. The monoisotopic (exact) mass is 368 g/mol. The molecule has 0 heterocycles. The van der Waals surface area contributed by atoms with Crippen LogP contribution in [0.2, 0.25) is 10.0 Å². The average molecular weight is 369 g/mol. The highest BCUT2D eigenvalue weighted by atomic mass is 35.5. The van der Waals surface area contributed by atoms with Gasteiger partial charge < -0.3 is 14.6 Å². The van der Waals surface area contributed by atoms with Gasteiger partial charge in [0.2, 0.25) is 0 Å². The maximum absolute atomic E-state index is 11.2. The number of nitrogens with one attached hydrogen (secondary N) is 1. The summed E-state index contributed by atoms with van der Waals surface area (Å²) < 4.78 is 10.4. The molecule has 0 saturated carbocycles. The number of methoxy groups -OCH3 is 2. The summed E-state index contributed by atoms with van der Waals surface area (Å²) in [6.07, 6.45) is 1.43. The highest BCUT2D eigenvalue weighted by molar-refractivity contribution is 6.38. The van der Waals surface area contributed by atoms with Crippen molar-refractivity contribution in [2.75, 3.05) is 19.6 Å². The molecule has 6 nitrogen and oxygen atoms in total. The second-order valence-electron chi connectivity index (χ2n) is 4.55. The molecule has 2 rings (SSSR count). The number of nitrogens with zero attached hydrogens (tertiary/aromatic N) is 1. The van der Waals surface area contributed by atoms with E-state index < -0.39 is 5.97 Å². The zero-order valence-electron chi connectivity index (χ0n) is 12.8. The lowest BCUT2D eigenvalue weighted by atomic mass is 10.2. The molecule has 2 N–H and O–H groups in total.